The molecule has 9 aromatic rings. The molecule has 0 radical (unpaired) electrons. The SMILES string of the molecule is Cc1ccccc1-c1ccccc1C(C)c1c(C)c(-c2ccccc2)nc2c1sc1ccc(-c3nc(-c4ccccc4)nc(-c4ccccc4)n3)cc12. The molecule has 0 aliphatic carbocycles. The largest absolute Gasteiger partial charge is 0.246 e. The van der Waals surface area contributed by atoms with E-state index in [1.807, 2.05) is 72.0 Å². The minimum absolute atomic E-state index is 0.108. The molecule has 4 nitrogen and oxygen atoms in total. The number of benzene rings is 6. The van der Waals surface area contributed by atoms with Gasteiger partial charge in [-0.2, -0.15) is 0 Å². The van der Waals surface area contributed by atoms with E-state index in [4.69, 9.17) is 19.9 Å². The van der Waals surface area contributed by atoms with Crippen LogP contribution >= 0.6 is 11.3 Å². The van der Waals surface area contributed by atoms with Crippen molar-refractivity contribution in [1.29, 1.82) is 0 Å². The minimum Gasteiger partial charge on any atom is -0.246 e. The molecule has 3 aromatic heterocycles. The van der Waals surface area contributed by atoms with Crippen molar-refractivity contribution < 1.29 is 0 Å². The van der Waals surface area contributed by atoms with Gasteiger partial charge in [0.2, 0.25) is 0 Å². The molecule has 0 N–H and O–H groups in total. The first kappa shape index (κ1) is 32.6. The molecular formula is C48H36N4S. The van der Waals surface area contributed by atoms with Crippen molar-refractivity contribution >= 4 is 31.6 Å². The smallest absolute Gasteiger partial charge is 0.164 e. The second kappa shape index (κ2) is 13.7. The van der Waals surface area contributed by atoms with E-state index in [0.29, 0.717) is 17.5 Å². The Morgan fingerprint density at radius 3 is 1.64 bits per heavy atom. The summed E-state index contributed by atoms with van der Waals surface area (Å²) in [5.74, 6) is 2.04. The summed E-state index contributed by atoms with van der Waals surface area (Å²) in [7, 11) is 0. The number of hydrogen-bond acceptors (Lipinski definition) is 5. The highest BCUT2D eigenvalue weighted by molar-refractivity contribution is 7.26. The number of thiophene rings is 1. The maximum absolute atomic E-state index is 5.49. The van der Waals surface area contributed by atoms with Crippen LogP contribution in [0, 0.1) is 13.8 Å². The lowest BCUT2D eigenvalue weighted by Gasteiger charge is -2.22. The molecule has 0 bridgehead atoms. The molecule has 0 fully saturated rings. The van der Waals surface area contributed by atoms with Crippen molar-refractivity contribution in [2.45, 2.75) is 26.7 Å². The van der Waals surface area contributed by atoms with E-state index in [1.165, 1.54) is 42.8 Å². The summed E-state index contributed by atoms with van der Waals surface area (Å²) in [6.07, 6.45) is 0. The van der Waals surface area contributed by atoms with Crippen molar-refractivity contribution in [3.63, 3.8) is 0 Å². The molecule has 3 heterocycles. The fourth-order valence-electron chi connectivity index (χ4n) is 7.50. The molecule has 9 rings (SSSR count). The van der Waals surface area contributed by atoms with Crippen LogP contribution in [-0.2, 0) is 0 Å². The van der Waals surface area contributed by atoms with Crippen LogP contribution in [-0.4, -0.2) is 19.9 Å². The quantitative estimate of drug-likeness (QED) is 0.166. The van der Waals surface area contributed by atoms with E-state index >= 15 is 0 Å². The lowest BCUT2D eigenvalue weighted by atomic mass is 9.83. The molecule has 0 spiro atoms. The Morgan fingerprint density at radius 2 is 1.02 bits per heavy atom. The molecule has 1 atom stereocenters. The Balaban J connectivity index is 1.27. The molecular weight excluding hydrogens is 665 g/mol. The maximum Gasteiger partial charge on any atom is 0.164 e. The average Bonchev–Trinajstić information content (AvgIpc) is 3.58. The third kappa shape index (κ3) is 5.99. The van der Waals surface area contributed by atoms with Gasteiger partial charge in [0.05, 0.1) is 15.9 Å². The molecule has 254 valence electrons. The summed E-state index contributed by atoms with van der Waals surface area (Å²) in [6.45, 7) is 6.79. The predicted molar refractivity (Wildman–Crippen MR) is 221 cm³/mol. The zero-order chi connectivity index (χ0) is 35.9. The number of nitrogens with zero attached hydrogens (tertiary/aromatic N) is 4. The van der Waals surface area contributed by atoms with Crippen LogP contribution in [0.3, 0.4) is 0 Å². The van der Waals surface area contributed by atoms with Gasteiger partial charge in [-0.3, -0.25) is 0 Å². The average molecular weight is 701 g/mol. The first-order chi connectivity index (χ1) is 26.0. The van der Waals surface area contributed by atoms with Crippen molar-refractivity contribution in [1.82, 2.24) is 19.9 Å². The summed E-state index contributed by atoms with van der Waals surface area (Å²) < 4.78 is 2.40. The lowest BCUT2D eigenvalue weighted by molar-refractivity contribution is 0.923. The van der Waals surface area contributed by atoms with Crippen LogP contribution in [0.4, 0.5) is 0 Å². The third-order valence-corrected chi connectivity index (χ3v) is 11.4. The highest BCUT2D eigenvalue weighted by Gasteiger charge is 2.25. The molecule has 0 aliphatic heterocycles. The van der Waals surface area contributed by atoms with Gasteiger partial charge in [-0.15, -0.1) is 11.3 Å². The van der Waals surface area contributed by atoms with E-state index in [1.54, 1.807) is 0 Å². The number of fused-ring (bicyclic) bond motifs is 3. The molecule has 0 aliphatic rings. The second-order valence-corrected chi connectivity index (χ2v) is 14.6. The predicted octanol–water partition coefficient (Wildman–Crippen LogP) is 12.7. The van der Waals surface area contributed by atoms with Crippen LogP contribution in [0.1, 0.15) is 35.1 Å². The van der Waals surface area contributed by atoms with Gasteiger partial charge in [0.25, 0.3) is 0 Å². The number of aromatic nitrogens is 4. The Kier molecular flexibility index (Phi) is 8.41. The van der Waals surface area contributed by atoms with Crippen LogP contribution < -0.4 is 0 Å². The Morgan fingerprint density at radius 1 is 0.491 bits per heavy atom. The number of aryl methyl sites for hydroxylation is 1. The van der Waals surface area contributed by atoms with Crippen LogP contribution in [0.25, 0.3) is 76.9 Å². The first-order valence-electron chi connectivity index (χ1n) is 18.0. The van der Waals surface area contributed by atoms with Gasteiger partial charge in [0, 0.05) is 38.3 Å². The molecule has 1 unspecified atom stereocenters. The van der Waals surface area contributed by atoms with Crippen molar-refractivity contribution in [3.05, 3.63) is 180 Å². The van der Waals surface area contributed by atoms with Crippen molar-refractivity contribution in [2.24, 2.45) is 0 Å². The molecule has 0 amide bonds. The Hall–Kier alpha value is -6.30. The zero-order valence-corrected chi connectivity index (χ0v) is 30.6. The maximum atomic E-state index is 5.49. The lowest BCUT2D eigenvalue weighted by Crippen LogP contribution is -2.04. The van der Waals surface area contributed by atoms with Gasteiger partial charge in [-0.1, -0.05) is 146 Å². The van der Waals surface area contributed by atoms with Crippen molar-refractivity contribution in [2.75, 3.05) is 0 Å². The number of pyridine rings is 1. The fourth-order valence-corrected chi connectivity index (χ4v) is 8.81. The molecule has 5 heteroatoms. The molecule has 0 saturated carbocycles. The standard InChI is InChI=1S/C48H36N4S/c1-30-17-13-14-24-37(30)39-26-16-15-25-38(39)31(2)42-32(3)43(33-18-7-4-8-19-33)49-44-40-29-36(27-28-41(40)53-45(42)44)48-51-46(34-20-9-5-10-21-34)50-47(52-48)35-22-11-6-12-23-35/h4-29,31H,1-3H3. The van der Waals surface area contributed by atoms with Crippen molar-refractivity contribution in [3.8, 4) is 56.5 Å². The van der Waals surface area contributed by atoms with Crippen LogP contribution in [0.2, 0.25) is 0 Å². The number of hydrogen-bond donors (Lipinski definition) is 0. The Labute approximate surface area is 313 Å². The summed E-state index contributed by atoms with van der Waals surface area (Å²) in [4.78, 5) is 20.5. The first-order valence-corrected chi connectivity index (χ1v) is 18.8. The third-order valence-electron chi connectivity index (χ3n) is 10.2. The van der Waals surface area contributed by atoms with E-state index in [0.717, 1.165) is 38.9 Å². The van der Waals surface area contributed by atoms with Gasteiger partial charge in [-0.05, 0) is 65.4 Å². The van der Waals surface area contributed by atoms with Gasteiger partial charge >= 0.3 is 0 Å². The summed E-state index contributed by atoms with van der Waals surface area (Å²) in [6, 6.07) is 54.9. The topological polar surface area (TPSA) is 51.6 Å². The van der Waals surface area contributed by atoms with Crippen LogP contribution in [0.15, 0.2) is 158 Å². The fraction of sp³-hybridized carbons (Fsp3) is 0.0833. The van der Waals surface area contributed by atoms with E-state index in [9.17, 15) is 0 Å². The van der Waals surface area contributed by atoms with E-state index in [2.05, 4.69) is 118 Å². The van der Waals surface area contributed by atoms with Gasteiger partial charge in [0.1, 0.15) is 0 Å². The van der Waals surface area contributed by atoms with Gasteiger partial charge < -0.3 is 0 Å². The zero-order valence-electron chi connectivity index (χ0n) is 29.8. The Bertz CT molecular complexity index is 2700. The van der Waals surface area contributed by atoms with Gasteiger partial charge in [0.15, 0.2) is 17.5 Å². The summed E-state index contributed by atoms with van der Waals surface area (Å²) in [5, 5.41) is 1.10. The minimum atomic E-state index is 0.108. The molecule has 6 aromatic carbocycles. The van der Waals surface area contributed by atoms with E-state index in [-0.39, 0.29) is 5.92 Å². The highest BCUT2D eigenvalue weighted by atomic mass is 32.1. The second-order valence-electron chi connectivity index (χ2n) is 13.5. The van der Waals surface area contributed by atoms with E-state index < -0.39 is 0 Å². The normalized spacial score (nSPS) is 12.0. The molecule has 53 heavy (non-hydrogen) atoms. The molecule has 0 saturated heterocycles. The van der Waals surface area contributed by atoms with Crippen LogP contribution in [0.5, 0.6) is 0 Å². The van der Waals surface area contributed by atoms with Gasteiger partial charge in [-0.25, -0.2) is 19.9 Å². The summed E-state index contributed by atoms with van der Waals surface area (Å²) in [5.41, 5.74) is 13.6. The number of rotatable bonds is 7. The monoisotopic (exact) mass is 700 g/mol. The highest BCUT2D eigenvalue weighted by Crippen LogP contribution is 2.46. The summed E-state index contributed by atoms with van der Waals surface area (Å²) >= 11 is 1.82.